The topological polar surface area (TPSA) is 73.9 Å². The van der Waals surface area contributed by atoms with Crippen LogP contribution in [0.2, 0.25) is 0 Å². The van der Waals surface area contributed by atoms with Gasteiger partial charge in [0, 0.05) is 26.1 Å². The number of ether oxygens (including phenoxy) is 3. The minimum atomic E-state index is -1.31. The molecule has 1 aliphatic rings. The Morgan fingerprint density at radius 3 is 2.41 bits per heavy atom. The number of cyclic esters (lactones) is 2. The van der Waals surface area contributed by atoms with Crippen molar-refractivity contribution in [3.63, 3.8) is 0 Å². The minimum absolute atomic E-state index is 0.229. The SMILES string of the molecule is COc1c(Br)cc(F)cc1NC=C1C(=O)OC(C)(C)OC1=O. The normalized spacial score (nSPS) is 16.7. The molecule has 8 heteroatoms. The Morgan fingerprint density at radius 1 is 1.27 bits per heavy atom. The van der Waals surface area contributed by atoms with Gasteiger partial charge in [0.25, 0.3) is 5.79 Å². The van der Waals surface area contributed by atoms with Crippen molar-refractivity contribution in [2.45, 2.75) is 19.6 Å². The van der Waals surface area contributed by atoms with Crippen molar-refractivity contribution in [3.05, 3.63) is 34.2 Å². The largest absolute Gasteiger partial charge is 0.493 e. The summed E-state index contributed by atoms with van der Waals surface area (Å²) in [5.74, 6) is -3.18. The second-order valence-electron chi connectivity index (χ2n) is 4.85. The molecular formula is C14H13BrFNO5. The summed E-state index contributed by atoms with van der Waals surface area (Å²) in [7, 11) is 1.40. The first-order chi connectivity index (χ1) is 10.2. The summed E-state index contributed by atoms with van der Waals surface area (Å²) in [6.45, 7) is 2.89. The molecule has 1 N–H and O–H groups in total. The van der Waals surface area contributed by atoms with E-state index in [0.29, 0.717) is 10.2 Å². The molecule has 118 valence electrons. The van der Waals surface area contributed by atoms with Gasteiger partial charge in [-0.3, -0.25) is 0 Å². The number of methoxy groups -OCH3 is 1. The van der Waals surface area contributed by atoms with E-state index in [1.807, 2.05) is 0 Å². The molecule has 0 aliphatic carbocycles. The van der Waals surface area contributed by atoms with Gasteiger partial charge in [-0.15, -0.1) is 0 Å². The van der Waals surface area contributed by atoms with Crippen LogP contribution in [-0.2, 0) is 19.1 Å². The fourth-order valence-electron chi connectivity index (χ4n) is 1.80. The summed E-state index contributed by atoms with van der Waals surface area (Å²) in [5, 5.41) is 2.65. The van der Waals surface area contributed by atoms with E-state index in [-0.39, 0.29) is 11.3 Å². The van der Waals surface area contributed by atoms with Crippen LogP contribution in [0.5, 0.6) is 5.75 Å². The minimum Gasteiger partial charge on any atom is -0.493 e. The van der Waals surface area contributed by atoms with Gasteiger partial charge in [-0.25, -0.2) is 14.0 Å². The lowest BCUT2D eigenvalue weighted by atomic mass is 10.2. The van der Waals surface area contributed by atoms with E-state index in [1.54, 1.807) is 0 Å². The number of hydrogen-bond donors (Lipinski definition) is 1. The van der Waals surface area contributed by atoms with E-state index >= 15 is 0 Å². The van der Waals surface area contributed by atoms with Crippen LogP contribution in [0, 0.1) is 5.82 Å². The number of benzene rings is 1. The molecule has 6 nitrogen and oxygen atoms in total. The van der Waals surface area contributed by atoms with Crippen molar-refractivity contribution >= 4 is 33.6 Å². The zero-order chi connectivity index (χ0) is 16.5. The predicted octanol–water partition coefficient (Wildman–Crippen LogP) is 2.73. The quantitative estimate of drug-likeness (QED) is 0.498. The van der Waals surface area contributed by atoms with Gasteiger partial charge in [0.1, 0.15) is 5.82 Å². The molecule has 1 fully saturated rings. The summed E-state index contributed by atoms with van der Waals surface area (Å²) in [4.78, 5) is 23.6. The molecule has 1 heterocycles. The molecule has 0 saturated carbocycles. The fraction of sp³-hybridized carbons (Fsp3) is 0.286. The molecule has 2 rings (SSSR count). The predicted molar refractivity (Wildman–Crippen MR) is 78.6 cm³/mol. The molecule has 1 aliphatic heterocycles. The van der Waals surface area contributed by atoms with Crippen LogP contribution < -0.4 is 10.1 Å². The van der Waals surface area contributed by atoms with E-state index < -0.39 is 23.5 Å². The number of halogens is 2. The summed E-state index contributed by atoms with van der Waals surface area (Å²) in [5.41, 5.74) is -0.103. The number of rotatable bonds is 3. The number of esters is 2. The Balaban J connectivity index is 2.29. The molecule has 0 amide bonds. The molecule has 0 spiro atoms. The van der Waals surface area contributed by atoms with Crippen LogP contribution in [0.3, 0.4) is 0 Å². The van der Waals surface area contributed by atoms with E-state index in [0.717, 1.165) is 12.3 Å². The number of carbonyl (C=O) groups is 2. The lowest BCUT2D eigenvalue weighted by Gasteiger charge is -2.29. The van der Waals surface area contributed by atoms with Gasteiger partial charge in [-0.1, -0.05) is 0 Å². The molecule has 1 saturated heterocycles. The van der Waals surface area contributed by atoms with Crippen LogP contribution in [0.25, 0.3) is 0 Å². The van der Waals surface area contributed by atoms with E-state index in [2.05, 4.69) is 21.2 Å². The first kappa shape index (κ1) is 16.3. The average Bonchev–Trinajstić information content (AvgIpc) is 2.35. The van der Waals surface area contributed by atoms with Gasteiger partial charge in [0.2, 0.25) is 0 Å². The van der Waals surface area contributed by atoms with Crippen LogP contribution in [0.15, 0.2) is 28.4 Å². The molecule has 0 bridgehead atoms. The molecule has 22 heavy (non-hydrogen) atoms. The first-order valence-corrected chi connectivity index (χ1v) is 6.99. The highest BCUT2D eigenvalue weighted by Gasteiger charge is 2.39. The highest BCUT2D eigenvalue weighted by Crippen LogP contribution is 2.34. The summed E-state index contributed by atoms with van der Waals surface area (Å²) < 4.78 is 28.8. The van der Waals surface area contributed by atoms with Crippen molar-refractivity contribution in [1.29, 1.82) is 0 Å². The highest BCUT2D eigenvalue weighted by atomic mass is 79.9. The van der Waals surface area contributed by atoms with Gasteiger partial charge in [-0.2, -0.15) is 0 Å². The molecule has 1 aromatic rings. The third-order valence-electron chi connectivity index (χ3n) is 2.70. The molecule has 0 radical (unpaired) electrons. The Labute approximate surface area is 134 Å². The number of anilines is 1. The number of hydrogen-bond acceptors (Lipinski definition) is 6. The average molecular weight is 374 g/mol. The lowest BCUT2D eigenvalue weighted by molar-refractivity contribution is -0.222. The van der Waals surface area contributed by atoms with Crippen molar-refractivity contribution in [3.8, 4) is 5.75 Å². The van der Waals surface area contributed by atoms with Crippen molar-refractivity contribution in [1.82, 2.24) is 0 Å². The van der Waals surface area contributed by atoms with E-state index in [4.69, 9.17) is 14.2 Å². The Bertz CT molecular complexity index is 649. The fourth-order valence-corrected chi connectivity index (χ4v) is 2.40. The molecule has 1 aromatic carbocycles. The third kappa shape index (κ3) is 3.38. The van der Waals surface area contributed by atoms with Crippen LogP contribution in [-0.4, -0.2) is 24.8 Å². The second-order valence-corrected chi connectivity index (χ2v) is 5.70. The maximum Gasteiger partial charge on any atom is 0.350 e. The van der Waals surface area contributed by atoms with Crippen molar-refractivity contribution < 1.29 is 28.2 Å². The number of carbonyl (C=O) groups excluding carboxylic acids is 2. The summed E-state index contributed by atoms with van der Waals surface area (Å²) in [6.07, 6.45) is 1.09. The monoisotopic (exact) mass is 373 g/mol. The van der Waals surface area contributed by atoms with Crippen molar-refractivity contribution in [2.75, 3.05) is 12.4 Å². The van der Waals surface area contributed by atoms with Gasteiger partial charge < -0.3 is 19.5 Å². The standard InChI is InChI=1S/C14H13BrFNO5/c1-14(2)21-12(18)8(13(19)22-14)6-17-10-5-7(16)4-9(15)11(10)20-3/h4-6,17H,1-3H3. The smallest absolute Gasteiger partial charge is 0.350 e. The molecule has 0 atom stereocenters. The summed E-state index contributed by atoms with van der Waals surface area (Å²) in [6, 6.07) is 2.38. The Hall–Kier alpha value is -2.09. The van der Waals surface area contributed by atoms with Crippen LogP contribution in [0.4, 0.5) is 10.1 Å². The Kier molecular flexibility index (Phi) is 4.41. The maximum atomic E-state index is 13.4. The summed E-state index contributed by atoms with van der Waals surface area (Å²) >= 11 is 3.15. The molecule has 0 aromatic heterocycles. The van der Waals surface area contributed by atoms with Gasteiger partial charge in [0.15, 0.2) is 11.3 Å². The van der Waals surface area contributed by atoms with Crippen LogP contribution in [0.1, 0.15) is 13.8 Å². The second kappa shape index (κ2) is 5.96. The van der Waals surface area contributed by atoms with Gasteiger partial charge in [0.05, 0.1) is 17.3 Å². The third-order valence-corrected chi connectivity index (χ3v) is 3.29. The molecule has 0 unspecified atom stereocenters. The maximum absolute atomic E-state index is 13.4. The van der Waals surface area contributed by atoms with Gasteiger partial charge >= 0.3 is 11.9 Å². The van der Waals surface area contributed by atoms with Crippen molar-refractivity contribution in [2.24, 2.45) is 0 Å². The lowest BCUT2D eigenvalue weighted by Crippen LogP contribution is -2.42. The zero-order valence-corrected chi connectivity index (χ0v) is 13.6. The molecular weight excluding hydrogens is 361 g/mol. The van der Waals surface area contributed by atoms with E-state index in [9.17, 15) is 14.0 Å². The van der Waals surface area contributed by atoms with Gasteiger partial charge in [-0.05, 0) is 22.0 Å². The number of nitrogens with one attached hydrogen (secondary N) is 1. The van der Waals surface area contributed by atoms with E-state index in [1.165, 1.54) is 27.0 Å². The highest BCUT2D eigenvalue weighted by molar-refractivity contribution is 9.10. The zero-order valence-electron chi connectivity index (χ0n) is 12.0. The first-order valence-electron chi connectivity index (χ1n) is 6.20. The van der Waals surface area contributed by atoms with Crippen LogP contribution >= 0.6 is 15.9 Å². The Morgan fingerprint density at radius 2 is 1.86 bits per heavy atom.